The highest BCUT2D eigenvalue weighted by Crippen LogP contribution is 2.23. The summed E-state index contributed by atoms with van der Waals surface area (Å²) in [6.07, 6.45) is 9.20. The van der Waals surface area contributed by atoms with Gasteiger partial charge in [-0.2, -0.15) is 0 Å². The molecule has 1 heterocycles. The van der Waals surface area contributed by atoms with Crippen molar-refractivity contribution in [1.29, 1.82) is 0 Å². The SMILES string of the molecule is Cc1nc(NCCc2ccccc2)sc1C(=O)NCCC1=CCCCC1. The third kappa shape index (κ3) is 5.43. The minimum atomic E-state index is -0.00693. The van der Waals surface area contributed by atoms with Gasteiger partial charge in [-0.3, -0.25) is 4.79 Å². The fraction of sp³-hybridized carbons (Fsp3) is 0.429. The quantitative estimate of drug-likeness (QED) is 0.662. The number of nitrogens with one attached hydrogen (secondary N) is 2. The Hall–Kier alpha value is -2.14. The highest BCUT2D eigenvalue weighted by molar-refractivity contribution is 7.17. The highest BCUT2D eigenvalue weighted by atomic mass is 32.1. The number of benzene rings is 1. The molecule has 0 aliphatic heterocycles. The van der Waals surface area contributed by atoms with Crippen LogP contribution in [0.2, 0.25) is 0 Å². The fourth-order valence-electron chi connectivity index (χ4n) is 3.19. The summed E-state index contributed by atoms with van der Waals surface area (Å²) in [5.74, 6) is -0.00693. The summed E-state index contributed by atoms with van der Waals surface area (Å²) in [6, 6.07) is 10.4. The van der Waals surface area contributed by atoms with E-state index in [1.807, 2.05) is 13.0 Å². The van der Waals surface area contributed by atoms with Gasteiger partial charge in [-0.25, -0.2) is 4.98 Å². The number of amides is 1. The van der Waals surface area contributed by atoms with E-state index >= 15 is 0 Å². The number of aromatic nitrogens is 1. The Balaban J connectivity index is 1.45. The van der Waals surface area contributed by atoms with Crippen LogP contribution in [0.3, 0.4) is 0 Å². The lowest BCUT2D eigenvalue weighted by atomic mass is 9.97. The van der Waals surface area contributed by atoms with Gasteiger partial charge in [0, 0.05) is 13.1 Å². The molecule has 26 heavy (non-hydrogen) atoms. The molecular formula is C21H27N3OS. The number of rotatable bonds is 8. The molecule has 2 aromatic rings. The second-order valence-corrected chi connectivity index (χ2v) is 7.71. The highest BCUT2D eigenvalue weighted by Gasteiger charge is 2.15. The van der Waals surface area contributed by atoms with Crippen LogP contribution < -0.4 is 10.6 Å². The summed E-state index contributed by atoms with van der Waals surface area (Å²) < 4.78 is 0. The molecule has 2 N–H and O–H groups in total. The molecule has 0 fully saturated rings. The van der Waals surface area contributed by atoms with Gasteiger partial charge in [0.25, 0.3) is 5.91 Å². The molecule has 1 aromatic heterocycles. The van der Waals surface area contributed by atoms with Crippen LogP contribution in [0.5, 0.6) is 0 Å². The number of hydrogen-bond donors (Lipinski definition) is 2. The van der Waals surface area contributed by atoms with E-state index in [0.717, 1.165) is 30.2 Å². The van der Waals surface area contributed by atoms with E-state index in [2.05, 4.69) is 46.0 Å². The number of hydrogen-bond acceptors (Lipinski definition) is 4. The number of carbonyl (C=O) groups is 1. The Kier molecular flexibility index (Phi) is 6.83. The lowest BCUT2D eigenvalue weighted by Gasteiger charge is -2.12. The minimum Gasteiger partial charge on any atom is -0.361 e. The molecule has 5 heteroatoms. The maximum Gasteiger partial charge on any atom is 0.263 e. The lowest BCUT2D eigenvalue weighted by Crippen LogP contribution is -2.24. The predicted molar refractivity (Wildman–Crippen MR) is 109 cm³/mol. The summed E-state index contributed by atoms with van der Waals surface area (Å²) in [7, 11) is 0. The van der Waals surface area contributed by atoms with Gasteiger partial charge in [0.2, 0.25) is 0 Å². The molecule has 0 spiro atoms. The van der Waals surface area contributed by atoms with Crippen molar-refractivity contribution in [3.63, 3.8) is 0 Å². The van der Waals surface area contributed by atoms with Crippen LogP contribution in [-0.2, 0) is 6.42 Å². The van der Waals surface area contributed by atoms with Crippen LogP contribution in [0, 0.1) is 6.92 Å². The van der Waals surface area contributed by atoms with Gasteiger partial charge in [0.1, 0.15) is 4.88 Å². The Morgan fingerprint density at radius 3 is 2.77 bits per heavy atom. The Labute approximate surface area is 159 Å². The van der Waals surface area contributed by atoms with Crippen LogP contribution in [0.1, 0.15) is 53.0 Å². The topological polar surface area (TPSA) is 54.0 Å². The molecule has 0 unspecified atom stereocenters. The van der Waals surface area contributed by atoms with E-state index in [1.165, 1.54) is 48.2 Å². The fourth-order valence-corrected chi connectivity index (χ4v) is 4.10. The van der Waals surface area contributed by atoms with Gasteiger partial charge in [0.05, 0.1) is 5.69 Å². The van der Waals surface area contributed by atoms with Crippen LogP contribution in [-0.4, -0.2) is 24.0 Å². The molecule has 3 rings (SSSR count). The first-order valence-corrected chi connectivity index (χ1v) is 10.3. The average Bonchev–Trinajstić information content (AvgIpc) is 3.04. The number of anilines is 1. The Morgan fingerprint density at radius 2 is 2.00 bits per heavy atom. The van der Waals surface area contributed by atoms with Crippen LogP contribution >= 0.6 is 11.3 Å². The lowest BCUT2D eigenvalue weighted by molar-refractivity contribution is 0.0957. The molecule has 138 valence electrons. The van der Waals surface area contributed by atoms with E-state index < -0.39 is 0 Å². The van der Waals surface area contributed by atoms with E-state index in [9.17, 15) is 4.79 Å². The zero-order valence-corrected chi connectivity index (χ0v) is 16.2. The molecule has 1 aliphatic rings. The van der Waals surface area contributed by atoms with Gasteiger partial charge in [-0.1, -0.05) is 53.3 Å². The Morgan fingerprint density at radius 1 is 1.15 bits per heavy atom. The first-order chi connectivity index (χ1) is 12.7. The maximum atomic E-state index is 12.4. The van der Waals surface area contributed by atoms with Gasteiger partial charge >= 0.3 is 0 Å². The molecule has 0 atom stereocenters. The Bertz CT molecular complexity index is 752. The number of thiazole rings is 1. The van der Waals surface area contributed by atoms with Crippen molar-refractivity contribution in [2.45, 2.75) is 45.4 Å². The van der Waals surface area contributed by atoms with Crippen molar-refractivity contribution in [3.8, 4) is 0 Å². The maximum absolute atomic E-state index is 12.4. The third-order valence-electron chi connectivity index (χ3n) is 4.65. The molecule has 1 amide bonds. The standard InChI is InChI=1S/C21H27N3OS/c1-16-19(20(25)22-14-12-17-8-4-2-5-9-17)26-21(24-16)23-15-13-18-10-6-3-7-11-18/h3,6-8,10-11H,2,4-5,9,12-15H2,1H3,(H,22,25)(H,23,24). The summed E-state index contributed by atoms with van der Waals surface area (Å²) in [5.41, 5.74) is 3.58. The van der Waals surface area contributed by atoms with E-state index in [1.54, 1.807) is 0 Å². The smallest absolute Gasteiger partial charge is 0.263 e. The van der Waals surface area contributed by atoms with Gasteiger partial charge in [-0.15, -0.1) is 0 Å². The van der Waals surface area contributed by atoms with Crippen LogP contribution in [0.25, 0.3) is 0 Å². The predicted octanol–water partition coefficient (Wildman–Crippen LogP) is 4.73. The van der Waals surface area contributed by atoms with Crippen molar-refractivity contribution in [1.82, 2.24) is 10.3 Å². The molecule has 1 aromatic carbocycles. The monoisotopic (exact) mass is 369 g/mol. The third-order valence-corrected chi connectivity index (χ3v) is 5.77. The number of nitrogens with zero attached hydrogens (tertiary/aromatic N) is 1. The second kappa shape index (κ2) is 9.53. The molecular weight excluding hydrogens is 342 g/mol. The largest absolute Gasteiger partial charge is 0.361 e. The van der Waals surface area contributed by atoms with Crippen molar-refractivity contribution in [2.75, 3.05) is 18.4 Å². The molecule has 0 radical (unpaired) electrons. The summed E-state index contributed by atoms with van der Waals surface area (Å²) >= 11 is 1.44. The average molecular weight is 370 g/mol. The van der Waals surface area contributed by atoms with Gasteiger partial charge in [0.15, 0.2) is 5.13 Å². The molecule has 0 bridgehead atoms. The van der Waals surface area contributed by atoms with E-state index in [4.69, 9.17) is 0 Å². The van der Waals surface area contributed by atoms with Crippen molar-refractivity contribution in [2.24, 2.45) is 0 Å². The van der Waals surface area contributed by atoms with Crippen LogP contribution in [0.15, 0.2) is 42.0 Å². The molecule has 1 aliphatic carbocycles. The number of aryl methyl sites for hydroxylation is 1. The summed E-state index contributed by atoms with van der Waals surface area (Å²) in [5, 5.41) is 7.20. The van der Waals surface area contributed by atoms with E-state index in [0.29, 0.717) is 11.4 Å². The van der Waals surface area contributed by atoms with Gasteiger partial charge < -0.3 is 10.6 Å². The summed E-state index contributed by atoms with van der Waals surface area (Å²) in [6.45, 7) is 3.42. The first kappa shape index (κ1) is 18.6. The number of allylic oxidation sites excluding steroid dienone is 1. The van der Waals surface area contributed by atoms with Crippen LogP contribution in [0.4, 0.5) is 5.13 Å². The first-order valence-electron chi connectivity index (χ1n) is 9.43. The summed E-state index contributed by atoms with van der Waals surface area (Å²) in [4.78, 5) is 17.6. The normalized spacial score (nSPS) is 14.0. The van der Waals surface area contributed by atoms with Crippen molar-refractivity contribution < 1.29 is 4.79 Å². The zero-order chi connectivity index (χ0) is 18.2. The van der Waals surface area contributed by atoms with Crippen molar-refractivity contribution >= 4 is 22.4 Å². The molecule has 4 nitrogen and oxygen atoms in total. The minimum absolute atomic E-state index is 0.00693. The van der Waals surface area contributed by atoms with E-state index in [-0.39, 0.29) is 5.91 Å². The molecule has 0 saturated heterocycles. The second-order valence-electron chi connectivity index (χ2n) is 6.71. The van der Waals surface area contributed by atoms with Gasteiger partial charge in [-0.05, 0) is 51.0 Å². The zero-order valence-electron chi connectivity index (χ0n) is 15.4. The van der Waals surface area contributed by atoms with Crippen molar-refractivity contribution in [3.05, 3.63) is 58.1 Å². The number of carbonyl (C=O) groups excluding carboxylic acids is 1. The molecule has 0 saturated carbocycles.